The average Bonchev–Trinajstić information content (AvgIpc) is 3.17. The van der Waals surface area contributed by atoms with E-state index in [4.69, 9.17) is 10.5 Å². The fourth-order valence-electron chi connectivity index (χ4n) is 2.45. The van der Waals surface area contributed by atoms with Gasteiger partial charge in [-0.15, -0.1) is 5.10 Å². The SMILES string of the molecule is Cc1ccc(-n2nnc(C(=O)NCC3CCCO3)c2N)cc1F. The number of hydrogen-bond donors (Lipinski definition) is 2. The Morgan fingerprint density at radius 3 is 3.09 bits per heavy atom. The molecule has 0 radical (unpaired) electrons. The van der Waals surface area contributed by atoms with E-state index in [2.05, 4.69) is 15.6 Å². The predicted molar refractivity (Wildman–Crippen MR) is 81.8 cm³/mol. The Labute approximate surface area is 132 Å². The standard InChI is InChI=1S/C15H18FN5O2/c1-9-4-5-10(7-12(9)16)21-14(17)13(19-20-21)15(22)18-8-11-3-2-6-23-11/h4-5,7,11H,2-3,6,8,17H2,1H3,(H,18,22). The second-order valence-electron chi connectivity index (χ2n) is 5.51. The van der Waals surface area contributed by atoms with Crippen LogP contribution < -0.4 is 11.1 Å². The normalized spacial score (nSPS) is 17.4. The maximum atomic E-state index is 13.7. The summed E-state index contributed by atoms with van der Waals surface area (Å²) in [4.78, 5) is 12.2. The molecule has 8 heteroatoms. The molecule has 3 N–H and O–H groups in total. The largest absolute Gasteiger partial charge is 0.382 e. The molecule has 1 aromatic heterocycles. The van der Waals surface area contributed by atoms with Crippen LogP contribution in [0.25, 0.3) is 5.69 Å². The van der Waals surface area contributed by atoms with Crippen molar-refractivity contribution in [2.24, 2.45) is 0 Å². The Bertz CT molecular complexity index is 725. The summed E-state index contributed by atoms with van der Waals surface area (Å²) in [5.74, 6) is -0.725. The Kier molecular flexibility index (Phi) is 4.24. The Morgan fingerprint density at radius 2 is 2.39 bits per heavy atom. The number of nitrogens with two attached hydrogens (primary N) is 1. The molecule has 0 bridgehead atoms. The van der Waals surface area contributed by atoms with E-state index in [1.54, 1.807) is 19.1 Å². The number of carbonyl (C=O) groups is 1. The van der Waals surface area contributed by atoms with Crippen LogP contribution in [0.5, 0.6) is 0 Å². The highest BCUT2D eigenvalue weighted by atomic mass is 19.1. The van der Waals surface area contributed by atoms with Gasteiger partial charge >= 0.3 is 0 Å². The highest BCUT2D eigenvalue weighted by Crippen LogP contribution is 2.18. The summed E-state index contributed by atoms with van der Waals surface area (Å²) >= 11 is 0. The summed E-state index contributed by atoms with van der Waals surface area (Å²) in [5, 5.41) is 10.4. The molecule has 1 aliphatic rings. The number of aryl methyl sites for hydroxylation is 1. The minimum absolute atomic E-state index is 0.0176. The van der Waals surface area contributed by atoms with Gasteiger partial charge in [0.2, 0.25) is 0 Å². The molecule has 1 unspecified atom stereocenters. The third-order valence-electron chi connectivity index (χ3n) is 3.83. The van der Waals surface area contributed by atoms with Gasteiger partial charge in [0.15, 0.2) is 11.5 Å². The van der Waals surface area contributed by atoms with Gasteiger partial charge in [-0.25, -0.2) is 4.39 Å². The fourth-order valence-corrected chi connectivity index (χ4v) is 2.45. The maximum absolute atomic E-state index is 13.7. The van der Waals surface area contributed by atoms with Gasteiger partial charge in [0.1, 0.15) is 5.82 Å². The Hall–Kier alpha value is -2.48. The van der Waals surface area contributed by atoms with Crippen molar-refractivity contribution in [3.8, 4) is 5.69 Å². The van der Waals surface area contributed by atoms with Crippen molar-refractivity contribution < 1.29 is 13.9 Å². The first-order valence-electron chi connectivity index (χ1n) is 7.44. The van der Waals surface area contributed by atoms with Gasteiger partial charge in [0.25, 0.3) is 5.91 Å². The fraction of sp³-hybridized carbons (Fsp3) is 0.400. The van der Waals surface area contributed by atoms with Crippen LogP contribution in [0.3, 0.4) is 0 Å². The Balaban J connectivity index is 1.75. The first-order valence-corrected chi connectivity index (χ1v) is 7.44. The molecule has 1 aliphatic heterocycles. The first-order chi connectivity index (χ1) is 11.1. The second-order valence-corrected chi connectivity index (χ2v) is 5.51. The van der Waals surface area contributed by atoms with Gasteiger partial charge in [0.05, 0.1) is 11.8 Å². The lowest BCUT2D eigenvalue weighted by Gasteiger charge is -2.10. The molecule has 2 aromatic rings. The summed E-state index contributed by atoms with van der Waals surface area (Å²) in [5.41, 5.74) is 6.88. The summed E-state index contributed by atoms with van der Waals surface area (Å²) < 4.78 is 20.3. The molecule has 1 atom stereocenters. The van der Waals surface area contributed by atoms with Crippen LogP contribution in [-0.2, 0) is 4.74 Å². The summed E-state index contributed by atoms with van der Waals surface area (Å²) in [7, 11) is 0. The highest BCUT2D eigenvalue weighted by molar-refractivity contribution is 5.96. The molecular formula is C15H18FN5O2. The minimum Gasteiger partial charge on any atom is -0.382 e. The third kappa shape index (κ3) is 3.16. The van der Waals surface area contributed by atoms with Crippen molar-refractivity contribution in [3.05, 3.63) is 35.3 Å². The number of amides is 1. The van der Waals surface area contributed by atoms with Gasteiger partial charge in [-0.1, -0.05) is 11.3 Å². The van der Waals surface area contributed by atoms with E-state index in [1.807, 2.05) is 0 Å². The van der Waals surface area contributed by atoms with Crippen molar-refractivity contribution in [2.75, 3.05) is 18.9 Å². The zero-order valence-electron chi connectivity index (χ0n) is 12.8. The van der Waals surface area contributed by atoms with Crippen LogP contribution in [0.4, 0.5) is 10.2 Å². The second kappa shape index (κ2) is 6.33. The number of aromatic nitrogens is 3. The number of ether oxygens (including phenoxy) is 1. The summed E-state index contributed by atoms with van der Waals surface area (Å²) in [6.07, 6.45) is 1.95. The van der Waals surface area contributed by atoms with Gasteiger partial charge in [-0.3, -0.25) is 4.79 Å². The highest BCUT2D eigenvalue weighted by Gasteiger charge is 2.21. The number of anilines is 1. The number of halogens is 1. The zero-order valence-corrected chi connectivity index (χ0v) is 12.8. The van der Waals surface area contributed by atoms with Crippen LogP contribution in [0, 0.1) is 12.7 Å². The van der Waals surface area contributed by atoms with Crippen molar-refractivity contribution >= 4 is 11.7 Å². The van der Waals surface area contributed by atoms with Crippen molar-refractivity contribution in [3.63, 3.8) is 0 Å². The molecule has 23 heavy (non-hydrogen) atoms. The van der Waals surface area contributed by atoms with E-state index in [-0.39, 0.29) is 23.4 Å². The van der Waals surface area contributed by atoms with E-state index >= 15 is 0 Å². The molecule has 1 aromatic carbocycles. The van der Waals surface area contributed by atoms with E-state index in [1.165, 1.54) is 10.7 Å². The topological polar surface area (TPSA) is 95.1 Å². The van der Waals surface area contributed by atoms with E-state index < -0.39 is 5.91 Å². The zero-order chi connectivity index (χ0) is 16.4. The van der Waals surface area contributed by atoms with Crippen molar-refractivity contribution in [1.29, 1.82) is 0 Å². The average molecular weight is 319 g/mol. The van der Waals surface area contributed by atoms with Gasteiger partial charge < -0.3 is 15.8 Å². The van der Waals surface area contributed by atoms with Crippen LogP contribution in [0.1, 0.15) is 28.9 Å². The van der Waals surface area contributed by atoms with Gasteiger partial charge in [-0.05, 0) is 37.5 Å². The molecule has 1 saturated heterocycles. The van der Waals surface area contributed by atoms with E-state index in [0.29, 0.717) is 17.8 Å². The molecule has 0 aliphatic carbocycles. The number of nitrogen functional groups attached to an aromatic ring is 1. The molecule has 1 fully saturated rings. The van der Waals surface area contributed by atoms with Crippen LogP contribution >= 0.6 is 0 Å². The number of carbonyl (C=O) groups excluding carboxylic acids is 1. The van der Waals surface area contributed by atoms with Crippen LogP contribution in [0.2, 0.25) is 0 Å². The quantitative estimate of drug-likeness (QED) is 0.883. The number of rotatable bonds is 4. The maximum Gasteiger partial charge on any atom is 0.275 e. The number of benzene rings is 1. The third-order valence-corrected chi connectivity index (χ3v) is 3.83. The molecule has 1 amide bonds. The molecule has 0 spiro atoms. The Morgan fingerprint density at radius 1 is 1.57 bits per heavy atom. The van der Waals surface area contributed by atoms with Crippen molar-refractivity contribution in [2.45, 2.75) is 25.9 Å². The van der Waals surface area contributed by atoms with Gasteiger partial charge in [-0.2, -0.15) is 4.68 Å². The number of hydrogen-bond acceptors (Lipinski definition) is 5. The molecule has 7 nitrogen and oxygen atoms in total. The number of nitrogens with one attached hydrogen (secondary N) is 1. The molecule has 2 heterocycles. The van der Waals surface area contributed by atoms with Crippen LogP contribution in [0.15, 0.2) is 18.2 Å². The first kappa shape index (κ1) is 15.4. The monoisotopic (exact) mass is 319 g/mol. The lowest BCUT2D eigenvalue weighted by Crippen LogP contribution is -2.32. The summed E-state index contributed by atoms with van der Waals surface area (Å²) in [6, 6.07) is 4.58. The van der Waals surface area contributed by atoms with E-state index in [9.17, 15) is 9.18 Å². The summed E-state index contributed by atoms with van der Waals surface area (Å²) in [6.45, 7) is 2.79. The lowest BCUT2D eigenvalue weighted by molar-refractivity contribution is 0.0854. The molecule has 0 saturated carbocycles. The molecular weight excluding hydrogens is 301 g/mol. The van der Waals surface area contributed by atoms with Crippen molar-refractivity contribution in [1.82, 2.24) is 20.3 Å². The predicted octanol–water partition coefficient (Wildman–Crippen LogP) is 1.21. The lowest BCUT2D eigenvalue weighted by atomic mass is 10.2. The van der Waals surface area contributed by atoms with Gasteiger partial charge in [0, 0.05) is 13.2 Å². The smallest absolute Gasteiger partial charge is 0.275 e. The number of nitrogens with zero attached hydrogens (tertiary/aromatic N) is 3. The van der Waals surface area contributed by atoms with E-state index in [0.717, 1.165) is 19.4 Å². The molecule has 3 rings (SSSR count). The minimum atomic E-state index is -0.420. The molecule has 122 valence electrons. The van der Waals surface area contributed by atoms with Crippen LogP contribution in [-0.4, -0.2) is 40.2 Å².